The highest BCUT2D eigenvalue weighted by Crippen LogP contribution is 2.20. The zero-order valence-corrected chi connectivity index (χ0v) is 18.2. The van der Waals surface area contributed by atoms with E-state index in [-0.39, 0.29) is 12.5 Å². The number of hydrogen-bond donors (Lipinski definition) is 1. The second kappa shape index (κ2) is 10.9. The van der Waals surface area contributed by atoms with Crippen LogP contribution in [0.3, 0.4) is 0 Å². The summed E-state index contributed by atoms with van der Waals surface area (Å²) in [6.45, 7) is 4.81. The minimum Gasteiger partial charge on any atom is -0.494 e. The molecule has 0 radical (unpaired) electrons. The molecule has 0 aliphatic carbocycles. The summed E-state index contributed by atoms with van der Waals surface area (Å²) >= 11 is 0. The van der Waals surface area contributed by atoms with Gasteiger partial charge in [-0.2, -0.15) is 0 Å². The maximum atomic E-state index is 12.3. The Hall–Kier alpha value is -2.54. The van der Waals surface area contributed by atoms with Crippen LogP contribution in [0, 0.1) is 0 Å². The van der Waals surface area contributed by atoms with Gasteiger partial charge < -0.3 is 10.1 Å². The Morgan fingerprint density at radius 1 is 1.07 bits per heavy atom. The van der Waals surface area contributed by atoms with Crippen LogP contribution in [0.2, 0.25) is 0 Å². The first kappa shape index (κ1) is 22.7. The second-order valence-electron chi connectivity index (χ2n) is 6.78. The number of para-hydroxylation sites is 1. The van der Waals surface area contributed by atoms with Crippen molar-refractivity contribution in [3.05, 3.63) is 59.7 Å². The average molecular weight is 419 g/mol. The van der Waals surface area contributed by atoms with Crippen molar-refractivity contribution < 1.29 is 17.9 Å². The Morgan fingerprint density at radius 2 is 1.76 bits per heavy atom. The van der Waals surface area contributed by atoms with Gasteiger partial charge in [-0.1, -0.05) is 37.3 Å². The summed E-state index contributed by atoms with van der Waals surface area (Å²) in [5.41, 5.74) is 2.70. The van der Waals surface area contributed by atoms with Crippen LogP contribution in [0.4, 0.5) is 5.69 Å². The largest absolute Gasteiger partial charge is 0.494 e. The van der Waals surface area contributed by atoms with Gasteiger partial charge in [0.1, 0.15) is 12.3 Å². The normalized spacial score (nSPS) is 11.1. The molecule has 1 N–H and O–H groups in total. The standard InChI is InChI=1S/C22H30N2O4S/c1-4-18-12-14-20(15-13-18)24(29(3,26)27)17-22(25)23-16-8-10-19-9-6-7-11-21(19)28-5-2/h6-7,9,11-15H,4-5,8,10,16-17H2,1-3H3,(H,23,25). The molecular weight excluding hydrogens is 388 g/mol. The SMILES string of the molecule is CCOc1ccccc1CCCNC(=O)CN(c1ccc(CC)cc1)S(C)(=O)=O. The van der Waals surface area contributed by atoms with Crippen molar-refractivity contribution in [2.45, 2.75) is 33.1 Å². The van der Waals surface area contributed by atoms with E-state index < -0.39 is 10.0 Å². The predicted octanol–water partition coefficient (Wildman–Crippen LogP) is 3.16. The van der Waals surface area contributed by atoms with Crippen molar-refractivity contribution in [3.63, 3.8) is 0 Å². The average Bonchev–Trinajstić information content (AvgIpc) is 2.70. The number of benzene rings is 2. The quantitative estimate of drug-likeness (QED) is 0.569. The number of aryl methyl sites for hydroxylation is 2. The summed E-state index contributed by atoms with van der Waals surface area (Å²) < 4.78 is 31.1. The number of sulfonamides is 1. The van der Waals surface area contributed by atoms with Crippen LogP contribution >= 0.6 is 0 Å². The predicted molar refractivity (Wildman–Crippen MR) is 117 cm³/mol. The van der Waals surface area contributed by atoms with Gasteiger partial charge in [0.05, 0.1) is 18.6 Å². The number of hydrogen-bond acceptors (Lipinski definition) is 4. The van der Waals surface area contributed by atoms with E-state index in [2.05, 4.69) is 5.32 Å². The first-order valence-electron chi connectivity index (χ1n) is 9.89. The van der Waals surface area contributed by atoms with E-state index in [4.69, 9.17) is 4.74 Å². The third kappa shape index (κ3) is 7.09. The molecule has 0 unspecified atom stereocenters. The van der Waals surface area contributed by atoms with Gasteiger partial charge in [-0.15, -0.1) is 0 Å². The first-order valence-corrected chi connectivity index (χ1v) is 11.7. The van der Waals surface area contributed by atoms with E-state index in [9.17, 15) is 13.2 Å². The third-order valence-corrected chi connectivity index (χ3v) is 5.68. The lowest BCUT2D eigenvalue weighted by Gasteiger charge is -2.22. The highest BCUT2D eigenvalue weighted by atomic mass is 32.2. The van der Waals surface area contributed by atoms with Gasteiger partial charge in [-0.25, -0.2) is 8.42 Å². The zero-order chi connectivity index (χ0) is 21.3. The fourth-order valence-corrected chi connectivity index (χ4v) is 3.85. The van der Waals surface area contributed by atoms with E-state index in [1.54, 1.807) is 12.1 Å². The van der Waals surface area contributed by atoms with E-state index in [0.29, 0.717) is 18.8 Å². The summed E-state index contributed by atoms with van der Waals surface area (Å²) in [4.78, 5) is 12.3. The van der Waals surface area contributed by atoms with E-state index in [1.807, 2.05) is 50.2 Å². The van der Waals surface area contributed by atoms with Crippen LogP contribution in [-0.4, -0.2) is 40.3 Å². The summed E-state index contributed by atoms with van der Waals surface area (Å²) in [5, 5.41) is 2.81. The molecule has 0 aliphatic rings. The lowest BCUT2D eigenvalue weighted by molar-refractivity contribution is -0.119. The minimum absolute atomic E-state index is 0.236. The van der Waals surface area contributed by atoms with Crippen LogP contribution in [0.15, 0.2) is 48.5 Å². The van der Waals surface area contributed by atoms with Gasteiger partial charge >= 0.3 is 0 Å². The van der Waals surface area contributed by atoms with Crippen molar-refractivity contribution >= 4 is 21.6 Å². The summed E-state index contributed by atoms with van der Waals surface area (Å²) in [7, 11) is -3.56. The van der Waals surface area contributed by atoms with Gasteiger partial charge in [0.25, 0.3) is 0 Å². The summed E-state index contributed by atoms with van der Waals surface area (Å²) in [5.74, 6) is 0.535. The lowest BCUT2D eigenvalue weighted by atomic mass is 10.1. The summed E-state index contributed by atoms with van der Waals surface area (Å²) in [6, 6.07) is 15.1. The number of nitrogens with zero attached hydrogens (tertiary/aromatic N) is 1. The van der Waals surface area contributed by atoms with Crippen LogP contribution in [0.25, 0.3) is 0 Å². The van der Waals surface area contributed by atoms with Crippen LogP contribution < -0.4 is 14.4 Å². The van der Waals surface area contributed by atoms with Crippen molar-refractivity contribution in [1.82, 2.24) is 5.32 Å². The first-order chi connectivity index (χ1) is 13.8. The molecule has 0 fully saturated rings. The maximum Gasteiger partial charge on any atom is 0.240 e. The molecule has 6 nitrogen and oxygen atoms in total. The molecular formula is C22H30N2O4S. The monoisotopic (exact) mass is 418 g/mol. The Labute approximate surface area is 173 Å². The molecule has 0 aromatic heterocycles. The molecule has 7 heteroatoms. The molecule has 2 rings (SSSR count). The Morgan fingerprint density at radius 3 is 2.38 bits per heavy atom. The van der Waals surface area contributed by atoms with Crippen molar-refractivity contribution in [2.24, 2.45) is 0 Å². The second-order valence-corrected chi connectivity index (χ2v) is 8.69. The molecule has 0 saturated heterocycles. The number of ether oxygens (including phenoxy) is 1. The van der Waals surface area contributed by atoms with E-state index in [0.717, 1.165) is 46.7 Å². The van der Waals surface area contributed by atoms with Crippen molar-refractivity contribution in [3.8, 4) is 5.75 Å². The Bertz CT molecular complexity index is 895. The molecule has 0 bridgehead atoms. The fraction of sp³-hybridized carbons (Fsp3) is 0.409. The number of rotatable bonds is 11. The van der Waals surface area contributed by atoms with Gasteiger partial charge in [0, 0.05) is 6.54 Å². The molecule has 2 aromatic rings. The van der Waals surface area contributed by atoms with Crippen LogP contribution in [0.5, 0.6) is 5.75 Å². The number of anilines is 1. The summed E-state index contributed by atoms with van der Waals surface area (Å²) in [6.07, 6.45) is 3.48. The lowest BCUT2D eigenvalue weighted by Crippen LogP contribution is -2.40. The number of carbonyl (C=O) groups is 1. The number of nitrogens with one attached hydrogen (secondary N) is 1. The van der Waals surface area contributed by atoms with Gasteiger partial charge in [-0.3, -0.25) is 9.10 Å². The van der Waals surface area contributed by atoms with Gasteiger partial charge in [0.2, 0.25) is 15.9 Å². The van der Waals surface area contributed by atoms with Crippen LogP contribution in [0.1, 0.15) is 31.4 Å². The van der Waals surface area contributed by atoms with Crippen molar-refractivity contribution in [1.29, 1.82) is 0 Å². The zero-order valence-electron chi connectivity index (χ0n) is 17.3. The fourth-order valence-electron chi connectivity index (χ4n) is 3.00. The highest BCUT2D eigenvalue weighted by Gasteiger charge is 2.20. The molecule has 158 valence electrons. The molecule has 0 spiro atoms. The smallest absolute Gasteiger partial charge is 0.240 e. The van der Waals surface area contributed by atoms with Crippen molar-refractivity contribution in [2.75, 3.05) is 30.3 Å². The van der Waals surface area contributed by atoms with Gasteiger partial charge in [0.15, 0.2) is 0 Å². The van der Waals surface area contributed by atoms with Gasteiger partial charge in [-0.05, 0) is 55.5 Å². The molecule has 0 heterocycles. The molecule has 0 atom stereocenters. The highest BCUT2D eigenvalue weighted by molar-refractivity contribution is 7.92. The minimum atomic E-state index is -3.56. The topological polar surface area (TPSA) is 75.7 Å². The van der Waals surface area contributed by atoms with Crippen LogP contribution in [-0.2, 0) is 27.7 Å². The van der Waals surface area contributed by atoms with E-state index in [1.165, 1.54) is 0 Å². The molecule has 0 aliphatic heterocycles. The molecule has 1 amide bonds. The molecule has 2 aromatic carbocycles. The Balaban J connectivity index is 1.90. The maximum absolute atomic E-state index is 12.3. The number of carbonyl (C=O) groups excluding carboxylic acids is 1. The Kier molecular flexibility index (Phi) is 8.51. The molecule has 0 saturated carbocycles. The third-order valence-electron chi connectivity index (χ3n) is 4.54. The number of amides is 1. The van der Waals surface area contributed by atoms with E-state index >= 15 is 0 Å². The molecule has 29 heavy (non-hydrogen) atoms.